The Hall–Kier alpha value is -0.670. The van der Waals surface area contributed by atoms with E-state index in [2.05, 4.69) is 6.92 Å². The van der Waals surface area contributed by atoms with E-state index >= 15 is 0 Å². The van der Waals surface area contributed by atoms with Gasteiger partial charge in [0.1, 0.15) is 0 Å². The fourth-order valence-corrected chi connectivity index (χ4v) is 3.99. The smallest absolute Gasteiger partial charge is 0.306 e. The summed E-state index contributed by atoms with van der Waals surface area (Å²) in [7, 11) is 0. The van der Waals surface area contributed by atoms with Gasteiger partial charge in [-0.2, -0.15) is 0 Å². The summed E-state index contributed by atoms with van der Waals surface area (Å²) in [4.78, 5) is 11.3. The van der Waals surface area contributed by atoms with Gasteiger partial charge < -0.3 is 5.11 Å². The molecule has 2 fully saturated rings. The zero-order valence-electron chi connectivity index (χ0n) is 11.6. The minimum absolute atomic E-state index is 0.0146. The Kier molecular flexibility index (Phi) is 4.46. The van der Waals surface area contributed by atoms with E-state index in [1.165, 1.54) is 0 Å². The molecule has 0 saturated heterocycles. The molecule has 0 aromatic rings. The van der Waals surface area contributed by atoms with Crippen LogP contribution >= 0.6 is 0 Å². The van der Waals surface area contributed by atoms with Gasteiger partial charge in [-0.15, -0.1) is 0 Å². The highest BCUT2D eigenvalue weighted by atomic mass is 19.3. The van der Waals surface area contributed by atoms with Crippen molar-refractivity contribution >= 4 is 5.97 Å². The van der Waals surface area contributed by atoms with Gasteiger partial charge in [-0.1, -0.05) is 13.3 Å². The first-order chi connectivity index (χ1) is 8.91. The van der Waals surface area contributed by atoms with Crippen LogP contribution in [0, 0.1) is 23.7 Å². The summed E-state index contributed by atoms with van der Waals surface area (Å²) in [5, 5.41) is 9.30. The average molecular weight is 274 g/mol. The van der Waals surface area contributed by atoms with E-state index in [9.17, 15) is 18.7 Å². The zero-order valence-corrected chi connectivity index (χ0v) is 11.6. The van der Waals surface area contributed by atoms with Gasteiger partial charge in [-0.3, -0.25) is 4.79 Å². The van der Waals surface area contributed by atoms with E-state index in [1.54, 1.807) is 0 Å². The molecule has 4 heteroatoms. The van der Waals surface area contributed by atoms with Crippen molar-refractivity contribution in [3.05, 3.63) is 0 Å². The number of aliphatic carboxylic acids is 1. The standard InChI is InChI=1S/C15H24F2O2/c1-2-10-3-4-13(14(18)19)12(7-10)8-11-5-6-15(16,17)9-11/h10-13H,2-9H2,1H3,(H,18,19). The molecule has 0 heterocycles. The maximum atomic E-state index is 13.2. The minimum atomic E-state index is -2.51. The summed E-state index contributed by atoms with van der Waals surface area (Å²) >= 11 is 0. The van der Waals surface area contributed by atoms with E-state index in [4.69, 9.17) is 0 Å². The molecule has 0 amide bonds. The monoisotopic (exact) mass is 274 g/mol. The van der Waals surface area contributed by atoms with Crippen LogP contribution in [0.4, 0.5) is 8.78 Å². The van der Waals surface area contributed by atoms with Crippen molar-refractivity contribution in [3.63, 3.8) is 0 Å². The zero-order chi connectivity index (χ0) is 14.0. The summed E-state index contributed by atoms with van der Waals surface area (Å²) in [5.41, 5.74) is 0. The van der Waals surface area contributed by atoms with Gasteiger partial charge in [0.15, 0.2) is 0 Å². The van der Waals surface area contributed by atoms with Crippen molar-refractivity contribution in [2.75, 3.05) is 0 Å². The molecule has 2 saturated carbocycles. The normalized spacial score (nSPS) is 38.3. The molecule has 1 N–H and O–H groups in total. The Labute approximate surface area is 113 Å². The Balaban J connectivity index is 1.96. The molecule has 2 nitrogen and oxygen atoms in total. The van der Waals surface area contributed by atoms with Gasteiger partial charge in [0.25, 0.3) is 0 Å². The second kappa shape index (κ2) is 5.76. The number of carboxylic acid groups (broad SMARTS) is 1. The second-order valence-corrected chi connectivity index (χ2v) is 6.49. The highest BCUT2D eigenvalue weighted by molar-refractivity contribution is 5.70. The van der Waals surface area contributed by atoms with Crippen molar-refractivity contribution in [2.24, 2.45) is 23.7 Å². The molecular weight excluding hydrogens is 250 g/mol. The molecule has 110 valence electrons. The lowest BCUT2D eigenvalue weighted by Gasteiger charge is -2.35. The molecule has 0 aliphatic heterocycles. The van der Waals surface area contributed by atoms with Crippen LogP contribution in [0.25, 0.3) is 0 Å². The molecule has 19 heavy (non-hydrogen) atoms. The number of halogens is 2. The van der Waals surface area contributed by atoms with Gasteiger partial charge in [-0.25, -0.2) is 8.78 Å². The number of carboxylic acids is 1. The number of rotatable bonds is 4. The fraction of sp³-hybridized carbons (Fsp3) is 0.933. The largest absolute Gasteiger partial charge is 0.481 e. The van der Waals surface area contributed by atoms with Crippen molar-refractivity contribution in [1.29, 1.82) is 0 Å². The lowest BCUT2D eigenvalue weighted by molar-refractivity contribution is -0.145. The molecule has 0 radical (unpaired) electrons. The highest BCUT2D eigenvalue weighted by Gasteiger charge is 2.42. The number of hydrogen-bond donors (Lipinski definition) is 1. The van der Waals surface area contributed by atoms with Crippen LogP contribution in [0.1, 0.15) is 58.3 Å². The molecule has 0 aromatic heterocycles. The van der Waals surface area contributed by atoms with E-state index in [0.29, 0.717) is 18.8 Å². The third-order valence-corrected chi connectivity index (χ3v) is 5.13. The summed E-state index contributed by atoms with van der Waals surface area (Å²) in [5.74, 6) is -2.83. The Bertz CT molecular complexity index is 330. The van der Waals surface area contributed by atoms with Crippen molar-refractivity contribution in [2.45, 2.75) is 64.2 Å². The van der Waals surface area contributed by atoms with Crippen LogP contribution in [-0.4, -0.2) is 17.0 Å². The number of alkyl halides is 2. The predicted molar refractivity (Wildman–Crippen MR) is 69.2 cm³/mol. The predicted octanol–water partition coefficient (Wildman–Crippen LogP) is 4.34. The Morgan fingerprint density at radius 2 is 2.00 bits per heavy atom. The molecular formula is C15H24F2O2. The first kappa shape index (κ1) is 14.7. The van der Waals surface area contributed by atoms with Crippen molar-refractivity contribution in [3.8, 4) is 0 Å². The fourth-order valence-electron chi connectivity index (χ4n) is 3.99. The molecule has 2 aliphatic rings. The van der Waals surface area contributed by atoms with Crippen LogP contribution in [0.3, 0.4) is 0 Å². The molecule has 4 unspecified atom stereocenters. The lowest BCUT2D eigenvalue weighted by atomic mass is 9.70. The van der Waals surface area contributed by atoms with Crippen LogP contribution in [-0.2, 0) is 4.79 Å². The minimum Gasteiger partial charge on any atom is -0.481 e. The molecule has 4 atom stereocenters. The van der Waals surface area contributed by atoms with Crippen molar-refractivity contribution < 1.29 is 18.7 Å². The van der Waals surface area contributed by atoms with E-state index in [-0.39, 0.29) is 30.6 Å². The van der Waals surface area contributed by atoms with Gasteiger partial charge in [0.05, 0.1) is 5.92 Å². The quantitative estimate of drug-likeness (QED) is 0.828. The summed E-state index contributed by atoms with van der Waals surface area (Å²) in [6.45, 7) is 2.13. The Morgan fingerprint density at radius 3 is 2.53 bits per heavy atom. The second-order valence-electron chi connectivity index (χ2n) is 6.49. The van der Waals surface area contributed by atoms with Crippen LogP contribution in [0.15, 0.2) is 0 Å². The number of carbonyl (C=O) groups is 1. The van der Waals surface area contributed by atoms with Gasteiger partial charge in [0, 0.05) is 12.8 Å². The summed E-state index contributed by atoms with van der Waals surface area (Å²) in [6, 6.07) is 0. The van der Waals surface area contributed by atoms with Crippen molar-refractivity contribution in [1.82, 2.24) is 0 Å². The lowest BCUT2D eigenvalue weighted by Crippen LogP contribution is -2.31. The molecule has 0 aromatic carbocycles. The molecule has 0 spiro atoms. The maximum Gasteiger partial charge on any atom is 0.306 e. The van der Waals surface area contributed by atoms with E-state index in [1.807, 2.05) is 0 Å². The molecule has 2 aliphatic carbocycles. The highest BCUT2D eigenvalue weighted by Crippen LogP contribution is 2.46. The molecule has 2 rings (SSSR count). The van der Waals surface area contributed by atoms with Gasteiger partial charge in [0.2, 0.25) is 5.92 Å². The third kappa shape index (κ3) is 3.67. The SMILES string of the molecule is CCC1CCC(C(=O)O)C(CC2CCC(F)(F)C2)C1. The Morgan fingerprint density at radius 1 is 1.26 bits per heavy atom. The first-order valence-corrected chi connectivity index (χ1v) is 7.52. The van der Waals surface area contributed by atoms with Crippen LogP contribution < -0.4 is 0 Å². The van der Waals surface area contributed by atoms with Gasteiger partial charge >= 0.3 is 5.97 Å². The third-order valence-electron chi connectivity index (χ3n) is 5.13. The molecule has 0 bridgehead atoms. The summed E-state index contributed by atoms with van der Waals surface area (Å²) in [6.07, 6.45) is 4.88. The average Bonchev–Trinajstić information content (AvgIpc) is 2.68. The first-order valence-electron chi connectivity index (χ1n) is 7.52. The summed E-state index contributed by atoms with van der Waals surface area (Å²) < 4.78 is 26.5. The topological polar surface area (TPSA) is 37.3 Å². The van der Waals surface area contributed by atoms with E-state index < -0.39 is 11.9 Å². The van der Waals surface area contributed by atoms with Gasteiger partial charge in [-0.05, 0) is 49.9 Å². The number of hydrogen-bond acceptors (Lipinski definition) is 1. The van der Waals surface area contributed by atoms with Crippen LogP contribution in [0.2, 0.25) is 0 Å². The van der Waals surface area contributed by atoms with E-state index in [0.717, 1.165) is 25.7 Å². The maximum absolute atomic E-state index is 13.2. The van der Waals surface area contributed by atoms with Crippen LogP contribution in [0.5, 0.6) is 0 Å².